The molecule has 3 amide bonds. The van der Waals surface area contributed by atoms with Crippen LogP contribution in [0.2, 0.25) is 0 Å². The average molecular weight is 351 g/mol. The van der Waals surface area contributed by atoms with Crippen molar-refractivity contribution in [3.05, 3.63) is 34.9 Å². The van der Waals surface area contributed by atoms with Crippen LogP contribution in [0.1, 0.15) is 30.0 Å². The Morgan fingerprint density at radius 3 is 2.58 bits per heavy atom. The monoisotopic (exact) mass is 351 g/mol. The molecule has 0 unspecified atom stereocenters. The second-order valence-electron chi connectivity index (χ2n) is 6.63. The molecule has 1 heterocycles. The minimum absolute atomic E-state index is 0.302. The maximum absolute atomic E-state index is 12.8. The number of aryl methyl sites for hydroxylation is 2. The van der Waals surface area contributed by atoms with Crippen molar-refractivity contribution in [2.24, 2.45) is 0 Å². The maximum atomic E-state index is 12.8. The Kier molecular flexibility index (Phi) is 3.92. The molecule has 0 spiro atoms. The van der Waals surface area contributed by atoms with Crippen molar-refractivity contribution in [1.29, 1.82) is 0 Å². The molecular formula is C16H21N3O4S. The van der Waals surface area contributed by atoms with E-state index < -0.39 is 27.5 Å². The molecule has 1 aromatic carbocycles. The van der Waals surface area contributed by atoms with Crippen molar-refractivity contribution < 1.29 is 18.0 Å². The van der Waals surface area contributed by atoms with E-state index in [1.54, 1.807) is 6.92 Å². The fraction of sp³-hybridized carbons (Fsp3) is 0.500. The summed E-state index contributed by atoms with van der Waals surface area (Å²) < 4.78 is 24.1. The fourth-order valence-corrected chi connectivity index (χ4v) is 3.53. The molecule has 0 saturated carbocycles. The molecule has 7 nitrogen and oxygen atoms in total. The zero-order chi connectivity index (χ0) is 17.7. The molecule has 0 aromatic heterocycles. The highest BCUT2D eigenvalue weighted by Gasteiger charge is 2.49. The minimum Gasteiger partial charge on any atom is -0.319 e. The van der Waals surface area contributed by atoms with E-state index in [0.29, 0.717) is 0 Å². The fourth-order valence-electron chi connectivity index (χ4n) is 3.21. The third kappa shape index (κ3) is 2.69. The Balaban J connectivity index is 1.90. The summed E-state index contributed by atoms with van der Waals surface area (Å²) in [7, 11) is -2.15. The summed E-state index contributed by atoms with van der Waals surface area (Å²) in [6.07, 6.45) is 4.14. The van der Waals surface area contributed by atoms with Gasteiger partial charge in [0.2, 0.25) is 10.0 Å². The predicted molar refractivity (Wildman–Crippen MR) is 88.7 cm³/mol. The van der Waals surface area contributed by atoms with E-state index >= 15 is 0 Å². The lowest BCUT2D eigenvalue weighted by molar-refractivity contribution is -0.131. The second kappa shape index (κ2) is 5.56. The molecule has 3 rings (SSSR count). The van der Waals surface area contributed by atoms with E-state index in [1.807, 2.05) is 18.2 Å². The summed E-state index contributed by atoms with van der Waals surface area (Å²) in [6.45, 7) is 1.36. The highest BCUT2D eigenvalue weighted by molar-refractivity contribution is 7.88. The summed E-state index contributed by atoms with van der Waals surface area (Å²) in [4.78, 5) is 26.0. The lowest BCUT2D eigenvalue weighted by atomic mass is 9.90. The van der Waals surface area contributed by atoms with Crippen LogP contribution in [-0.2, 0) is 33.2 Å². The van der Waals surface area contributed by atoms with Gasteiger partial charge in [0.1, 0.15) is 5.54 Å². The van der Waals surface area contributed by atoms with E-state index in [2.05, 4.69) is 5.32 Å². The number of rotatable bonds is 4. The first-order valence-electron chi connectivity index (χ1n) is 7.80. The second-order valence-corrected chi connectivity index (χ2v) is 8.72. The summed E-state index contributed by atoms with van der Waals surface area (Å²) in [5, 5.41) is 2.71. The Bertz CT molecular complexity index is 821. The largest absolute Gasteiger partial charge is 0.326 e. The summed E-state index contributed by atoms with van der Waals surface area (Å²) in [6, 6.07) is 5.27. The van der Waals surface area contributed by atoms with Crippen molar-refractivity contribution in [3.8, 4) is 0 Å². The molecule has 1 saturated heterocycles. The van der Waals surface area contributed by atoms with Gasteiger partial charge in [0.25, 0.3) is 5.91 Å². The molecule has 24 heavy (non-hydrogen) atoms. The summed E-state index contributed by atoms with van der Waals surface area (Å²) in [5.74, 6) is -0.444. The predicted octanol–water partition coefficient (Wildman–Crippen LogP) is 0.791. The van der Waals surface area contributed by atoms with Gasteiger partial charge in [0.15, 0.2) is 0 Å². The van der Waals surface area contributed by atoms with Gasteiger partial charge in [-0.1, -0.05) is 18.2 Å². The van der Waals surface area contributed by atoms with Crippen LogP contribution in [0.25, 0.3) is 0 Å². The Morgan fingerprint density at radius 1 is 1.25 bits per heavy atom. The molecule has 0 bridgehead atoms. The third-order valence-electron chi connectivity index (χ3n) is 4.86. The van der Waals surface area contributed by atoms with Crippen LogP contribution >= 0.6 is 0 Å². The van der Waals surface area contributed by atoms with Crippen molar-refractivity contribution in [2.45, 2.75) is 31.7 Å². The van der Waals surface area contributed by atoms with Gasteiger partial charge in [-0.05, 0) is 42.9 Å². The first kappa shape index (κ1) is 16.9. The molecule has 130 valence electrons. The number of hydrogen-bond donors (Lipinski definition) is 1. The van der Waals surface area contributed by atoms with Gasteiger partial charge in [-0.15, -0.1) is 0 Å². The lowest BCUT2D eigenvalue weighted by Gasteiger charge is -2.24. The zero-order valence-corrected chi connectivity index (χ0v) is 14.8. The first-order chi connectivity index (χ1) is 11.1. The number of urea groups is 1. The average Bonchev–Trinajstić information content (AvgIpc) is 3.04. The molecule has 1 atom stereocenters. The van der Waals surface area contributed by atoms with Crippen LogP contribution in [0.4, 0.5) is 4.79 Å². The van der Waals surface area contributed by atoms with E-state index in [9.17, 15) is 18.0 Å². The van der Waals surface area contributed by atoms with Gasteiger partial charge in [0, 0.05) is 7.05 Å². The SMILES string of the molecule is CN(CN1C(=O)N[C@](C)(c2ccc3c(c2)CCC3)C1=O)S(C)(=O)=O. The number of imide groups is 1. The van der Waals surface area contributed by atoms with Crippen molar-refractivity contribution >= 4 is 22.0 Å². The highest BCUT2D eigenvalue weighted by atomic mass is 32.2. The van der Waals surface area contributed by atoms with Crippen LogP contribution in [0.15, 0.2) is 18.2 Å². The number of nitrogens with one attached hydrogen (secondary N) is 1. The molecule has 8 heteroatoms. The van der Waals surface area contributed by atoms with Gasteiger partial charge < -0.3 is 5.32 Å². The molecule has 2 aliphatic rings. The number of amides is 3. The molecule has 1 aromatic rings. The van der Waals surface area contributed by atoms with Gasteiger partial charge in [-0.3, -0.25) is 4.79 Å². The number of fused-ring (bicyclic) bond motifs is 1. The topological polar surface area (TPSA) is 86.8 Å². The zero-order valence-electron chi connectivity index (χ0n) is 14.0. The number of carbonyl (C=O) groups is 2. The summed E-state index contributed by atoms with van der Waals surface area (Å²) in [5.41, 5.74) is 2.05. The molecule has 1 fully saturated rings. The number of sulfonamides is 1. The first-order valence-corrected chi connectivity index (χ1v) is 9.65. The van der Waals surface area contributed by atoms with E-state index in [-0.39, 0.29) is 6.67 Å². The molecule has 0 radical (unpaired) electrons. The van der Waals surface area contributed by atoms with Crippen molar-refractivity contribution in [1.82, 2.24) is 14.5 Å². The molecule has 1 aliphatic heterocycles. The van der Waals surface area contributed by atoms with Crippen LogP contribution in [0, 0.1) is 0 Å². The molecular weight excluding hydrogens is 330 g/mol. The van der Waals surface area contributed by atoms with Crippen LogP contribution in [-0.4, -0.2) is 49.5 Å². The van der Waals surface area contributed by atoms with Gasteiger partial charge >= 0.3 is 6.03 Å². The highest BCUT2D eigenvalue weighted by Crippen LogP contribution is 2.32. The number of nitrogens with zero attached hydrogens (tertiary/aromatic N) is 2. The number of benzene rings is 1. The van der Waals surface area contributed by atoms with E-state index in [0.717, 1.165) is 40.3 Å². The standard InChI is InChI=1S/C16H21N3O4S/c1-16(13-8-7-11-5-4-6-12(11)9-13)14(20)19(15(21)17-16)10-18(2)24(3,22)23/h7-9H,4-6,10H2,1-3H3,(H,17,21)/t16-/m1/s1. The molecule has 1 aliphatic carbocycles. The lowest BCUT2D eigenvalue weighted by Crippen LogP contribution is -2.44. The Hall–Kier alpha value is -1.93. The van der Waals surface area contributed by atoms with E-state index in [1.165, 1.54) is 18.2 Å². The van der Waals surface area contributed by atoms with Gasteiger partial charge in [-0.25, -0.2) is 18.1 Å². The minimum atomic E-state index is -3.49. The van der Waals surface area contributed by atoms with E-state index in [4.69, 9.17) is 0 Å². The van der Waals surface area contributed by atoms with Gasteiger partial charge in [-0.2, -0.15) is 4.31 Å². The Morgan fingerprint density at radius 2 is 1.92 bits per heavy atom. The number of hydrogen-bond acceptors (Lipinski definition) is 4. The maximum Gasteiger partial charge on any atom is 0.326 e. The Labute approximate surface area is 141 Å². The number of carbonyl (C=O) groups excluding carboxylic acids is 2. The third-order valence-corrected chi connectivity index (χ3v) is 6.11. The van der Waals surface area contributed by atoms with Crippen LogP contribution < -0.4 is 5.32 Å². The summed E-state index contributed by atoms with van der Waals surface area (Å²) >= 11 is 0. The van der Waals surface area contributed by atoms with Crippen molar-refractivity contribution in [2.75, 3.05) is 20.0 Å². The van der Waals surface area contributed by atoms with Gasteiger partial charge in [0.05, 0.1) is 12.9 Å². The van der Waals surface area contributed by atoms with Crippen LogP contribution in [0.3, 0.4) is 0 Å². The quantitative estimate of drug-likeness (QED) is 0.813. The van der Waals surface area contributed by atoms with Crippen LogP contribution in [0.5, 0.6) is 0 Å². The smallest absolute Gasteiger partial charge is 0.319 e. The van der Waals surface area contributed by atoms with Crippen molar-refractivity contribution in [3.63, 3.8) is 0 Å². The molecule has 1 N–H and O–H groups in total. The normalized spacial score (nSPS) is 23.8.